The largest absolute Gasteiger partial charge is 0.333 e. The van der Waals surface area contributed by atoms with Crippen molar-refractivity contribution in [3.63, 3.8) is 0 Å². The third-order valence-electron chi connectivity index (χ3n) is 9.21. The van der Waals surface area contributed by atoms with Crippen LogP contribution < -0.4 is 5.73 Å². The van der Waals surface area contributed by atoms with E-state index in [-0.39, 0.29) is 5.41 Å². The Kier molecular flexibility index (Phi) is 8.61. The third-order valence-corrected chi connectivity index (χ3v) is 10.3. The number of rotatable bonds is 5. The molecule has 48 heavy (non-hydrogen) atoms. The molecule has 2 heteroatoms. The molecule has 1 heterocycles. The lowest BCUT2D eigenvalue weighted by atomic mass is 9.82. The van der Waals surface area contributed by atoms with E-state index in [9.17, 15) is 0 Å². The van der Waals surface area contributed by atoms with Gasteiger partial charge in [0, 0.05) is 20.2 Å². The van der Waals surface area contributed by atoms with E-state index >= 15 is 0 Å². The Morgan fingerprint density at radius 2 is 1.06 bits per heavy atom. The monoisotopic (exact) mass is 635 g/mol. The molecule has 0 bridgehead atoms. The number of benzene rings is 7. The molecular weight excluding hydrogens is 599 g/mol. The van der Waals surface area contributed by atoms with Crippen molar-refractivity contribution in [1.82, 2.24) is 0 Å². The highest BCUT2D eigenvalue weighted by Crippen LogP contribution is 2.59. The molecule has 0 atom stereocenters. The first-order chi connectivity index (χ1) is 23.7. The highest BCUT2D eigenvalue weighted by atomic mass is 32.1. The molecule has 0 amide bonds. The van der Waals surface area contributed by atoms with Crippen molar-refractivity contribution >= 4 is 42.3 Å². The van der Waals surface area contributed by atoms with E-state index in [1.54, 1.807) is 12.2 Å². The van der Waals surface area contributed by atoms with Crippen LogP contribution in [0.3, 0.4) is 0 Å². The molecule has 0 saturated heterocycles. The van der Waals surface area contributed by atoms with Gasteiger partial charge in [-0.15, -0.1) is 11.3 Å². The van der Waals surface area contributed by atoms with Crippen molar-refractivity contribution in [3.8, 4) is 22.3 Å². The molecule has 0 saturated carbocycles. The van der Waals surface area contributed by atoms with Gasteiger partial charge < -0.3 is 5.73 Å². The van der Waals surface area contributed by atoms with Crippen molar-refractivity contribution in [2.75, 3.05) is 7.05 Å². The van der Waals surface area contributed by atoms with Crippen LogP contribution in [-0.2, 0) is 5.41 Å². The summed E-state index contributed by atoms with van der Waals surface area (Å²) in [6.07, 6.45) is 3.28. The lowest BCUT2D eigenvalue weighted by Crippen LogP contribution is -2.12. The average molecular weight is 636 g/mol. The van der Waals surface area contributed by atoms with Crippen LogP contribution in [0.2, 0.25) is 0 Å². The maximum Gasteiger partial charge on any atom is 0.0708 e. The van der Waals surface area contributed by atoms with E-state index in [4.69, 9.17) is 0 Å². The first kappa shape index (κ1) is 31.1. The first-order valence-electron chi connectivity index (χ1n) is 16.2. The highest BCUT2D eigenvalue weighted by molar-refractivity contribution is 7.26. The summed E-state index contributed by atoms with van der Waals surface area (Å²) in [6.45, 7) is 6.72. The lowest BCUT2D eigenvalue weighted by molar-refractivity contribution is 0.914. The molecule has 2 N–H and O–H groups in total. The number of allylic oxidation sites excluding steroid dienone is 2. The van der Waals surface area contributed by atoms with E-state index in [1.807, 2.05) is 11.3 Å². The highest BCUT2D eigenvalue weighted by Gasteiger charge is 2.52. The van der Waals surface area contributed by atoms with Gasteiger partial charge in [-0.1, -0.05) is 153 Å². The molecule has 0 radical (unpaired) electrons. The first-order valence-corrected chi connectivity index (χ1v) is 17.1. The summed E-state index contributed by atoms with van der Waals surface area (Å²) in [5.41, 5.74) is 14.8. The quantitative estimate of drug-likeness (QED) is 0.187. The zero-order valence-electron chi connectivity index (χ0n) is 27.1. The van der Waals surface area contributed by atoms with E-state index in [2.05, 4.69) is 177 Å². The lowest BCUT2D eigenvalue weighted by Gasteiger charge is -2.19. The Morgan fingerprint density at radius 3 is 1.77 bits per heavy atom. The van der Waals surface area contributed by atoms with Gasteiger partial charge >= 0.3 is 0 Å². The predicted molar refractivity (Wildman–Crippen MR) is 210 cm³/mol. The fourth-order valence-corrected chi connectivity index (χ4v) is 8.24. The van der Waals surface area contributed by atoms with Crippen LogP contribution in [0.25, 0.3) is 53.2 Å². The van der Waals surface area contributed by atoms with Crippen LogP contribution in [0, 0.1) is 0 Å². The number of thiophene rings is 1. The van der Waals surface area contributed by atoms with Crippen molar-refractivity contribution in [2.24, 2.45) is 5.73 Å². The molecule has 1 aromatic heterocycles. The minimum absolute atomic E-state index is 0.164. The molecule has 0 aliphatic heterocycles. The summed E-state index contributed by atoms with van der Waals surface area (Å²) in [7, 11) is 1.50. The summed E-state index contributed by atoms with van der Waals surface area (Å²) in [4.78, 5) is 0. The molecule has 1 aliphatic rings. The van der Waals surface area contributed by atoms with Gasteiger partial charge in [0.25, 0.3) is 0 Å². The zero-order valence-corrected chi connectivity index (χ0v) is 27.9. The topological polar surface area (TPSA) is 26.0 Å². The van der Waals surface area contributed by atoms with Gasteiger partial charge in [0.05, 0.1) is 5.41 Å². The van der Waals surface area contributed by atoms with Crippen LogP contribution in [0.5, 0.6) is 0 Å². The maximum absolute atomic E-state index is 4.50. The summed E-state index contributed by atoms with van der Waals surface area (Å²) in [5, 5.41) is 5.28. The van der Waals surface area contributed by atoms with Gasteiger partial charge in [-0.05, 0) is 92.7 Å². The van der Waals surface area contributed by atoms with Gasteiger partial charge in [-0.3, -0.25) is 0 Å². The van der Waals surface area contributed by atoms with Crippen LogP contribution in [-0.4, -0.2) is 7.05 Å². The summed E-state index contributed by atoms with van der Waals surface area (Å²) in [5.74, 6) is 0. The SMILES string of the molecule is C=CC=C.CN.c1ccc(C2(c3cccc(-c4cccc(-c5cccc6sc7cc8ccccc8cc7c56)c4)c3)c3ccccc32)cc1. The van der Waals surface area contributed by atoms with Gasteiger partial charge in [0.2, 0.25) is 0 Å². The molecule has 0 unspecified atom stereocenters. The van der Waals surface area contributed by atoms with Gasteiger partial charge in [0.1, 0.15) is 0 Å². The number of hydrogen-bond acceptors (Lipinski definition) is 2. The van der Waals surface area contributed by atoms with Gasteiger partial charge in [0.15, 0.2) is 0 Å². The van der Waals surface area contributed by atoms with Crippen molar-refractivity contribution in [2.45, 2.75) is 5.41 Å². The van der Waals surface area contributed by atoms with E-state index < -0.39 is 0 Å². The second kappa shape index (κ2) is 13.3. The van der Waals surface area contributed by atoms with E-state index in [0.29, 0.717) is 0 Å². The Labute approximate surface area is 287 Å². The Hall–Kier alpha value is -5.54. The maximum atomic E-state index is 4.50. The standard InChI is InChI=1S/C41H26S.C4H6.CH5N/c1-2-16-32(17-3-1)41(36-20-6-7-21-37(36)41)33-18-9-14-28(24-33)27-13-8-15-31(23-27)34-19-10-22-38-40(34)35-25-29-11-4-5-12-30(29)26-39(35)42-38;1-3-4-2;1-2/h1-26H;3-4H,1-2H2;2H2,1H3. The van der Waals surface area contributed by atoms with Crippen LogP contribution >= 0.6 is 11.3 Å². The summed E-state index contributed by atoms with van der Waals surface area (Å²) in [6, 6.07) is 58.2. The van der Waals surface area contributed by atoms with Crippen LogP contribution in [0.15, 0.2) is 183 Å². The molecule has 1 nitrogen and oxygen atoms in total. The predicted octanol–water partition coefficient (Wildman–Crippen LogP) is 12.2. The number of nitrogens with two attached hydrogens (primary N) is 1. The number of hydrogen-bond donors (Lipinski definition) is 1. The molecule has 1 aliphatic carbocycles. The van der Waals surface area contributed by atoms with Crippen LogP contribution in [0.4, 0.5) is 0 Å². The smallest absolute Gasteiger partial charge is 0.0708 e. The Balaban J connectivity index is 0.000000569. The van der Waals surface area contributed by atoms with E-state index in [0.717, 1.165) is 0 Å². The molecule has 232 valence electrons. The van der Waals surface area contributed by atoms with Crippen molar-refractivity contribution in [1.29, 1.82) is 0 Å². The second-order valence-corrected chi connectivity index (χ2v) is 12.9. The average Bonchev–Trinajstić information content (AvgIpc) is 3.72. The fourth-order valence-electron chi connectivity index (χ4n) is 7.08. The minimum atomic E-state index is -0.164. The molecule has 7 aromatic carbocycles. The van der Waals surface area contributed by atoms with Crippen molar-refractivity contribution in [3.05, 3.63) is 205 Å². The summed E-state index contributed by atoms with van der Waals surface area (Å²) >= 11 is 1.89. The van der Waals surface area contributed by atoms with Gasteiger partial charge in [-0.25, -0.2) is 0 Å². The third kappa shape index (κ3) is 5.26. The van der Waals surface area contributed by atoms with Gasteiger partial charge in [-0.2, -0.15) is 0 Å². The Bertz CT molecular complexity index is 2380. The molecular formula is C46H37NS. The molecule has 0 spiro atoms. The minimum Gasteiger partial charge on any atom is -0.333 e. The zero-order chi connectivity index (χ0) is 33.1. The fraction of sp³-hybridized carbons (Fsp3) is 0.0435. The molecule has 8 aromatic rings. The van der Waals surface area contributed by atoms with E-state index in [1.165, 1.54) is 82.5 Å². The van der Waals surface area contributed by atoms with Crippen molar-refractivity contribution < 1.29 is 0 Å². The summed E-state index contributed by atoms with van der Waals surface area (Å²) < 4.78 is 2.68. The molecule has 9 rings (SSSR count). The normalized spacial score (nSPS) is 12.3. The Morgan fingerprint density at radius 1 is 0.500 bits per heavy atom. The molecule has 0 fully saturated rings. The second-order valence-electron chi connectivity index (χ2n) is 11.8. The van der Waals surface area contributed by atoms with Crippen LogP contribution in [0.1, 0.15) is 22.3 Å². The number of fused-ring (bicyclic) bond motifs is 5.